The zero-order valence-corrected chi connectivity index (χ0v) is 7.16. The van der Waals surface area contributed by atoms with Crippen molar-refractivity contribution in [2.75, 3.05) is 0 Å². The van der Waals surface area contributed by atoms with Crippen LogP contribution in [0.4, 0.5) is 0 Å². The Balaban J connectivity index is 2.49. The van der Waals surface area contributed by atoms with E-state index in [9.17, 15) is 0 Å². The molecule has 2 heteroatoms. The lowest BCUT2D eigenvalue weighted by atomic mass is 10.0. The molecule has 0 bridgehead atoms. The molecule has 0 N–H and O–H groups in total. The maximum atomic E-state index is 4.57. The van der Waals surface area contributed by atoms with E-state index in [-0.39, 0.29) is 0 Å². The van der Waals surface area contributed by atoms with Crippen LogP contribution in [0.15, 0.2) is 4.99 Å². The molecule has 0 aromatic heterocycles. The van der Waals surface area contributed by atoms with E-state index in [4.69, 9.17) is 0 Å². The van der Waals surface area contributed by atoms with Crippen molar-refractivity contribution in [1.82, 2.24) is 0 Å². The molecule has 1 rings (SSSR count). The molecule has 1 aliphatic carbocycles. The third-order valence-electron chi connectivity index (χ3n) is 2.36. The molecule has 2 unspecified atom stereocenters. The van der Waals surface area contributed by atoms with Crippen LogP contribution < -0.4 is 0 Å². The Labute approximate surface area is 67.5 Å². The zero-order chi connectivity index (χ0) is 7.40. The first-order chi connectivity index (χ1) is 4.88. The Morgan fingerprint density at radius 3 is 3.00 bits per heavy atom. The number of hydrogen-bond acceptors (Lipinski definition) is 2. The molecule has 0 saturated heterocycles. The molecule has 0 heterocycles. The van der Waals surface area contributed by atoms with Gasteiger partial charge >= 0.3 is 0 Å². The van der Waals surface area contributed by atoms with Crippen molar-refractivity contribution in [2.24, 2.45) is 10.9 Å². The van der Waals surface area contributed by atoms with E-state index in [1.54, 1.807) is 0 Å². The second-order valence-electron chi connectivity index (χ2n) is 2.89. The van der Waals surface area contributed by atoms with Crippen LogP contribution in [0.5, 0.6) is 0 Å². The van der Waals surface area contributed by atoms with Gasteiger partial charge in [0.05, 0.1) is 11.2 Å². The second kappa shape index (κ2) is 3.85. The first-order valence-electron chi connectivity index (χ1n) is 3.95. The van der Waals surface area contributed by atoms with Crippen molar-refractivity contribution in [3.8, 4) is 0 Å². The molecule has 1 fully saturated rings. The average molecular weight is 155 g/mol. The highest BCUT2D eigenvalue weighted by Crippen LogP contribution is 2.30. The maximum Gasteiger partial charge on any atom is 0.0630 e. The summed E-state index contributed by atoms with van der Waals surface area (Å²) in [5.74, 6) is 0.787. The van der Waals surface area contributed by atoms with Crippen molar-refractivity contribution in [2.45, 2.75) is 38.6 Å². The highest BCUT2D eigenvalue weighted by atomic mass is 32.1. The lowest BCUT2D eigenvalue weighted by Gasteiger charge is -2.10. The topological polar surface area (TPSA) is 12.4 Å². The standard InChI is InChI=1S/C8H13NS/c1-2-7-4-3-5-8(7)9-6-10/h7-8H,2-5H2,1H3. The quantitative estimate of drug-likeness (QED) is 0.441. The van der Waals surface area contributed by atoms with Gasteiger partial charge in [-0.05, 0) is 31.0 Å². The van der Waals surface area contributed by atoms with Crippen molar-refractivity contribution >= 4 is 17.4 Å². The lowest BCUT2D eigenvalue weighted by Crippen LogP contribution is -2.09. The number of hydrogen-bond donors (Lipinski definition) is 0. The van der Waals surface area contributed by atoms with Crippen molar-refractivity contribution in [3.05, 3.63) is 0 Å². The van der Waals surface area contributed by atoms with E-state index in [2.05, 4.69) is 29.3 Å². The summed E-state index contributed by atoms with van der Waals surface area (Å²) in [6.45, 7) is 2.22. The predicted molar refractivity (Wildman–Crippen MR) is 46.4 cm³/mol. The Kier molecular flexibility index (Phi) is 3.04. The van der Waals surface area contributed by atoms with Gasteiger partial charge in [0.2, 0.25) is 0 Å². The summed E-state index contributed by atoms with van der Waals surface area (Å²) in [5, 5.41) is 2.48. The van der Waals surface area contributed by atoms with Crippen LogP contribution in [-0.2, 0) is 0 Å². The molecular formula is C8H13NS. The fourth-order valence-corrected chi connectivity index (χ4v) is 1.87. The average Bonchev–Trinajstić information content (AvgIpc) is 2.36. The van der Waals surface area contributed by atoms with Gasteiger partial charge < -0.3 is 0 Å². The van der Waals surface area contributed by atoms with E-state index >= 15 is 0 Å². The largest absolute Gasteiger partial charge is 0.229 e. The summed E-state index contributed by atoms with van der Waals surface area (Å²) < 4.78 is 0. The molecule has 0 aromatic carbocycles. The third kappa shape index (κ3) is 1.65. The molecule has 10 heavy (non-hydrogen) atoms. The van der Waals surface area contributed by atoms with Crippen LogP contribution in [0.1, 0.15) is 32.6 Å². The van der Waals surface area contributed by atoms with Gasteiger partial charge in [0.1, 0.15) is 0 Å². The molecule has 1 saturated carbocycles. The number of thiocarbonyl (C=S) groups is 1. The molecule has 1 aliphatic rings. The normalized spacial score (nSPS) is 31.7. The van der Waals surface area contributed by atoms with Crippen LogP contribution in [0.2, 0.25) is 0 Å². The summed E-state index contributed by atoms with van der Waals surface area (Å²) in [4.78, 5) is 4.14. The van der Waals surface area contributed by atoms with Gasteiger partial charge in [0, 0.05) is 0 Å². The minimum atomic E-state index is 0.502. The Hall–Kier alpha value is -0.200. The molecule has 2 atom stereocenters. The van der Waals surface area contributed by atoms with Gasteiger partial charge in [-0.3, -0.25) is 0 Å². The van der Waals surface area contributed by atoms with Crippen LogP contribution in [-0.4, -0.2) is 11.2 Å². The number of aliphatic imine (C=N–C) groups is 1. The van der Waals surface area contributed by atoms with Gasteiger partial charge in [0.15, 0.2) is 0 Å². The second-order valence-corrected chi connectivity index (χ2v) is 3.07. The number of nitrogens with zero attached hydrogens (tertiary/aromatic N) is 1. The van der Waals surface area contributed by atoms with Crippen LogP contribution in [0.25, 0.3) is 0 Å². The van der Waals surface area contributed by atoms with Crippen LogP contribution in [0.3, 0.4) is 0 Å². The summed E-state index contributed by atoms with van der Waals surface area (Å²) in [7, 11) is 0. The summed E-state index contributed by atoms with van der Waals surface area (Å²) in [6, 6.07) is 0.502. The van der Waals surface area contributed by atoms with Gasteiger partial charge in [0.25, 0.3) is 0 Å². The Morgan fingerprint density at radius 1 is 1.60 bits per heavy atom. The highest BCUT2D eigenvalue weighted by molar-refractivity contribution is 7.78. The predicted octanol–water partition coefficient (Wildman–Crippen LogP) is 2.67. The van der Waals surface area contributed by atoms with Gasteiger partial charge in [-0.25, -0.2) is 4.99 Å². The number of rotatable bonds is 2. The van der Waals surface area contributed by atoms with Gasteiger partial charge in [-0.1, -0.05) is 19.8 Å². The third-order valence-corrected chi connectivity index (χ3v) is 2.47. The summed E-state index contributed by atoms with van der Waals surface area (Å²) in [5.41, 5.74) is 0. The van der Waals surface area contributed by atoms with Crippen LogP contribution in [0, 0.1) is 5.92 Å². The molecule has 0 radical (unpaired) electrons. The monoisotopic (exact) mass is 155 g/mol. The van der Waals surface area contributed by atoms with Crippen LogP contribution >= 0.6 is 12.2 Å². The summed E-state index contributed by atoms with van der Waals surface area (Å²) in [6.07, 6.45) is 5.12. The minimum absolute atomic E-state index is 0.502. The van der Waals surface area contributed by atoms with E-state index in [1.807, 2.05) is 0 Å². The van der Waals surface area contributed by atoms with E-state index < -0.39 is 0 Å². The fourth-order valence-electron chi connectivity index (χ4n) is 1.73. The minimum Gasteiger partial charge on any atom is -0.229 e. The fraction of sp³-hybridized carbons (Fsp3) is 0.875. The van der Waals surface area contributed by atoms with E-state index in [0.29, 0.717) is 6.04 Å². The molecule has 56 valence electrons. The Morgan fingerprint density at radius 2 is 2.40 bits per heavy atom. The van der Waals surface area contributed by atoms with E-state index in [0.717, 1.165) is 5.92 Å². The van der Waals surface area contributed by atoms with Gasteiger partial charge in [-0.15, -0.1) is 0 Å². The first-order valence-corrected chi connectivity index (χ1v) is 4.36. The maximum absolute atomic E-state index is 4.57. The number of isothiocyanates is 1. The van der Waals surface area contributed by atoms with Crippen molar-refractivity contribution < 1.29 is 0 Å². The van der Waals surface area contributed by atoms with Crippen molar-refractivity contribution in [1.29, 1.82) is 0 Å². The molecule has 1 nitrogen and oxygen atoms in total. The SMILES string of the molecule is CCC1CCCC1N=C=S. The molecular weight excluding hydrogens is 142 g/mol. The van der Waals surface area contributed by atoms with E-state index in [1.165, 1.54) is 25.7 Å². The molecule has 0 amide bonds. The Bertz CT molecular complexity index is 149. The smallest absolute Gasteiger partial charge is 0.0630 e. The highest BCUT2D eigenvalue weighted by Gasteiger charge is 2.24. The van der Waals surface area contributed by atoms with Gasteiger partial charge in [-0.2, -0.15) is 0 Å². The molecule has 0 spiro atoms. The van der Waals surface area contributed by atoms with Crippen molar-refractivity contribution in [3.63, 3.8) is 0 Å². The molecule has 0 aliphatic heterocycles. The first kappa shape index (κ1) is 7.90. The zero-order valence-electron chi connectivity index (χ0n) is 6.34. The lowest BCUT2D eigenvalue weighted by molar-refractivity contribution is 0.470. The summed E-state index contributed by atoms with van der Waals surface area (Å²) >= 11 is 4.57. The molecule has 0 aromatic rings.